The number of aromatic hydroxyl groups is 1. The van der Waals surface area contributed by atoms with E-state index in [1.54, 1.807) is 6.07 Å². The van der Waals surface area contributed by atoms with E-state index >= 15 is 0 Å². The van der Waals surface area contributed by atoms with Gasteiger partial charge >= 0.3 is 0 Å². The lowest BCUT2D eigenvalue weighted by Crippen LogP contribution is -1.85. The van der Waals surface area contributed by atoms with Crippen LogP contribution in [0.15, 0.2) is 24.3 Å². The maximum absolute atomic E-state index is 8.92. The van der Waals surface area contributed by atoms with Crippen molar-refractivity contribution in [3.63, 3.8) is 0 Å². The van der Waals surface area contributed by atoms with Gasteiger partial charge in [0.15, 0.2) is 0 Å². The van der Waals surface area contributed by atoms with Crippen LogP contribution in [0.1, 0.15) is 44.1 Å². The molecule has 2 rings (SSSR count). The molecule has 1 heteroatoms. The smallest absolute Gasteiger partial charge is 0.118 e. The molecule has 1 saturated carbocycles. The van der Waals surface area contributed by atoms with Gasteiger partial charge in [-0.05, 0) is 18.6 Å². The molecule has 0 aliphatic heterocycles. The Morgan fingerprint density at radius 2 is 1.29 bits per heavy atom. The molecule has 0 bridgehead atoms. The Morgan fingerprint density at radius 3 is 1.57 bits per heavy atom. The summed E-state index contributed by atoms with van der Waals surface area (Å²) in [6.45, 7) is 1.87. The topological polar surface area (TPSA) is 20.2 Å². The maximum Gasteiger partial charge on any atom is 0.118 e. The number of aryl methyl sites for hydroxylation is 1. The van der Waals surface area contributed by atoms with Crippen LogP contribution in [0.3, 0.4) is 0 Å². The highest BCUT2D eigenvalue weighted by molar-refractivity contribution is 5.29. The minimum atomic E-state index is 0.368. The average molecular weight is 192 g/mol. The van der Waals surface area contributed by atoms with Crippen LogP contribution >= 0.6 is 0 Å². The van der Waals surface area contributed by atoms with Crippen LogP contribution in [0.25, 0.3) is 0 Å². The molecule has 0 amide bonds. The van der Waals surface area contributed by atoms with Crippen molar-refractivity contribution in [2.75, 3.05) is 0 Å². The molecule has 0 unspecified atom stereocenters. The molecule has 0 radical (unpaired) electrons. The highest BCUT2D eigenvalue weighted by Crippen LogP contribution is 2.15. The molecule has 1 N–H and O–H groups in total. The van der Waals surface area contributed by atoms with Crippen molar-refractivity contribution in [2.24, 2.45) is 0 Å². The Balaban J connectivity index is 0.000000146. The van der Waals surface area contributed by atoms with E-state index < -0.39 is 0 Å². The SMILES string of the molecule is C1CCCCC1.Cc1ccccc1O. The van der Waals surface area contributed by atoms with Crippen molar-refractivity contribution in [1.29, 1.82) is 0 Å². The molecule has 0 atom stereocenters. The van der Waals surface area contributed by atoms with Crippen LogP contribution in [0.4, 0.5) is 0 Å². The normalized spacial score (nSPS) is 15.5. The molecule has 0 spiro atoms. The minimum Gasteiger partial charge on any atom is -0.508 e. The molecular formula is C13H20O. The molecule has 1 aromatic rings. The largest absolute Gasteiger partial charge is 0.508 e. The fourth-order valence-corrected chi connectivity index (χ4v) is 1.62. The number of phenolic OH excluding ortho intramolecular Hbond substituents is 1. The third kappa shape index (κ3) is 4.31. The van der Waals surface area contributed by atoms with E-state index in [2.05, 4.69) is 0 Å². The maximum atomic E-state index is 8.92. The van der Waals surface area contributed by atoms with Crippen LogP contribution in [0, 0.1) is 6.92 Å². The molecular weight excluding hydrogens is 172 g/mol. The summed E-state index contributed by atoms with van der Waals surface area (Å²) in [5, 5.41) is 8.92. The quantitative estimate of drug-likeness (QED) is 0.657. The zero-order valence-electron chi connectivity index (χ0n) is 9.00. The van der Waals surface area contributed by atoms with E-state index in [9.17, 15) is 0 Å². The third-order valence-electron chi connectivity index (χ3n) is 2.62. The van der Waals surface area contributed by atoms with Crippen LogP contribution in [-0.4, -0.2) is 5.11 Å². The number of benzene rings is 1. The molecule has 0 saturated heterocycles. The first kappa shape index (κ1) is 11.1. The molecule has 1 fully saturated rings. The van der Waals surface area contributed by atoms with Gasteiger partial charge in [0.1, 0.15) is 5.75 Å². The van der Waals surface area contributed by atoms with Gasteiger partial charge in [0.2, 0.25) is 0 Å². The second kappa shape index (κ2) is 6.47. The predicted octanol–water partition coefficient (Wildman–Crippen LogP) is 4.04. The number of para-hydroxylation sites is 1. The molecule has 78 valence electrons. The fraction of sp³-hybridized carbons (Fsp3) is 0.538. The van der Waals surface area contributed by atoms with Gasteiger partial charge in [-0.3, -0.25) is 0 Å². The highest BCUT2D eigenvalue weighted by atomic mass is 16.3. The number of rotatable bonds is 0. The average Bonchev–Trinajstić information content (AvgIpc) is 2.26. The highest BCUT2D eigenvalue weighted by Gasteiger charge is 1.95. The van der Waals surface area contributed by atoms with E-state index in [1.165, 1.54) is 38.5 Å². The Kier molecular flexibility index (Phi) is 5.13. The molecule has 1 nitrogen and oxygen atoms in total. The molecule has 0 aromatic heterocycles. The van der Waals surface area contributed by atoms with Gasteiger partial charge in [-0.15, -0.1) is 0 Å². The summed E-state index contributed by atoms with van der Waals surface area (Å²) in [6.07, 6.45) is 9.00. The van der Waals surface area contributed by atoms with Crippen molar-refractivity contribution in [2.45, 2.75) is 45.4 Å². The Hall–Kier alpha value is -0.980. The van der Waals surface area contributed by atoms with Crippen LogP contribution in [-0.2, 0) is 0 Å². The molecule has 14 heavy (non-hydrogen) atoms. The van der Waals surface area contributed by atoms with Crippen LogP contribution < -0.4 is 0 Å². The summed E-state index contributed by atoms with van der Waals surface area (Å²) in [7, 11) is 0. The van der Waals surface area contributed by atoms with Gasteiger partial charge < -0.3 is 5.11 Å². The molecule has 1 aliphatic rings. The zero-order valence-corrected chi connectivity index (χ0v) is 9.00. The van der Waals surface area contributed by atoms with E-state index in [0.29, 0.717) is 5.75 Å². The second-order valence-electron chi connectivity index (χ2n) is 3.91. The molecule has 1 aromatic carbocycles. The number of hydrogen-bond acceptors (Lipinski definition) is 1. The number of hydrogen-bond donors (Lipinski definition) is 1. The fourth-order valence-electron chi connectivity index (χ4n) is 1.62. The monoisotopic (exact) mass is 192 g/mol. The second-order valence-corrected chi connectivity index (χ2v) is 3.91. The molecule has 0 heterocycles. The van der Waals surface area contributed by atoms with Crippen molar-refractivity contribution < 1.29 is 5.11 Å². The third-order valence-corrected chi connectivity index (χ3v) is 2.62. The van der Waals surface area contributed by atoms with Gasteiger partial charge in [-0.1, -0.05) is 56.7 Å². The zero-order chi connectivity index (χ0) is 10.2. The lowest BCUT2D eigenvalue weighted by atomic mass is 10.0. The van der Waals surface area contributed by atoms with Gasteiger partial charge in [0.25, 0.3) is 0 Å². The predicted molar refractivity (Wildman–Crippen MR) is 60.5 cm³/mol. The summed E-state index contributed by atoms with van der Waals surface area (Å²) in [6, 6.07) is 7.25. The Morgan fingerprint density at radius 1 is 0.857 bits per heavy atom. The summed E-state index contributed by atoms with van der Waals surface area (Å²) in [4.78, 5) is 0. The van der Waals surface area contributed by atoms with E-state index in [0.717, 1.165) is 5.56 Å². The van der Waals surface area contributed by atoms with Gasteiger partial charge in [-0.25, -0.2) is 0 Å². The lowest BCUT2D eigenvalue weighted by Gasteiger charge is -2.05. The Labute approximate surface area is 86.8 Å². The van der Waals surface area contributed by atoms with Crippen LogP contribution in [0.2, 0.25) is 0 Å². The lowest BCUT2D eigenvalue weighted by molar-refractivity contribution is 0.471. The van der Waals surface area contributed by atoms with Gasteiger partial charge in [0.05, 0.1) is 0 Å². The van der Waals surface area contributed by atoms with Crippen molar-refractivity contribution in [3.05, 3.63) is 29.8 Å². The summed E-state index contributed by atoms with van der Waals surface area (Å²) < 4.78 is 0. The van der Waals surface area contributed by atoms with Crippen LogP contribution in [0.5, 0.6) is 5.75 Å². The van der Waals surface area contributed by atoms with E-state index in [4.69, 9.17) is 5.11 Å². The molecule has 1 aliphatic carbocycles. The van der Waals surface area contributed by atoms with Crippen molar-refractivity contribution >= 4 is 0 Å². The first-order chi connectivity index (χ1) is 6.80. The van der Waals surface area contributed by atoms with Gasteiger partial charge in [-0.2, -0.15) is 0 Å². The minimum absolute atomic E-state index is 0.368. The summed E-state index contributed by atoms with van der Waals surface area (Å²) in [5.74, 6) is 0.368. The first-order valence-electron chi connectivity index (χ1n) is 5.55. The summed E-state index contributed by atoms with van der Waals surface area (Å²) >= 11 is 0. The van der Waals surface area contributed by atoms with E-state index in [-0.39, 0.29) is 0 Å². The van der Waals surface area contributed by atoms with Gasteiger partial charge in [0, 0.05) is 0 Å². The van der Waals surface area contributed by atoms with E-state index in [1.807, 2.05) is 25.1 Å². The van der Waals surface area contributed by atoms with Crippen molar-refractivity contribution in [1.82, 2.24) is 0 Å². The standard InChI is InChI=1S/C7H8O.C6H12/c1-6-4-2-3-5-7(6)8;1-2-4-6-5-3-1/h2-5,8H,1H3;1-6H2. The Bertz CT molecular complexity index is 219. The summed E-state index contributed by atoms with van der Waals surface area (Å²) in [5.41, 5.74) is 0.924. The van der Waals surface area contributed by atoms with Crippen molar-refractivity contribution in [3.8, 4) is 5.75 Å². The number of phenols is 1. The first-order valence-corrected chi connectivity index (χ1v) is 5.55.